The Kier molecular flexibility index (Phi) is 8.52. The quantitative estimate of drug-likeness (QED) is 0.425. The van der Waals surface area contributed by atoms with Crippen molar-refractivity contribution in [3.8, 4) is 11.5 Å². The van der Waals surface area contributed by atoms with Crippen LogP contribution in [0.4, 0.5) is 8.78 Å². The van der Waals surface area contributed by atoms with Gasteiger partial charge >= 0.3 is 6.61 Å². The third-order valence-electron chi connectivity index (χ3n) is 4.20. The summed E-state index contributed by atoms with van der Waals surface area (Å²) < 4.78 is 62.1. The monoisotopic (exact) mass is 454 g/mol. The largest absolute Gasteiger partial charge is 0.493 e. The van der Waals surface area contributed by atoms with Crippen LogP contribution < -0.4 is 19.5 Å². The Labute approximate surface area is 180 Å². The van der Waals surface area contributed by atoms with Crippen molar-refractivity contribution in [3.05, 3.63) is 59.2 Å². The van der Waals surface area contributed by atoms with Crippen LogP contribution in [0.25, 0.3) is 6.08 Å². The van der Waals surface area contributed by atoms with E-state index in [2.05, 4.69) is 14.8 Å². The third-order valence-corrected chi connectivity index (χ3v) is 5.80. The molecule has 0 radical (unpaired) electrons. The molecule has 2 N–H and O–H groups in total. The van der Waals surface area contributed by atoms with Crippen LogP contribution in [0.5, 0.6) is 11.5 Å². The number of alkyl halides is 2. The molecule has 31 heavy (non-hydrogen) atoms. The number of aryl methyl sites for hydroxylation is 2. The van der Waals surface area contributed by atoms with Gasteiger partial charge in [-0.25, -0.2) is 13.1 Å². The Morgan fingerprint density at radius 1 is 1.16 bits per heavy atom. The van der Waals surface area contributed by atoms with Crippen molar-refractivity contribution in [1.29, 1.82) is 0 Å². The number of methoxy groups -OCH3 is 1. The molecule has 0 aliphatic rings. The van der Waals surface area contributed by atoms with Crippen molar-refractivity contribution in [2.75, 3.05) is 20.2 Å². The summed E-state index contributed by atoms with van der Waals surface area (Å²) in [6.45, 7) is 0.457. The zero-order chi connectivity index (χ0) is 23.0. The Morgan fingerprint density at radius 3 is 2.58 bits per heavy atom. The second-order valence-electron chi connectivity index (χ2n) is 6.55. The molecule has 168 valence electrons. The first-order valence-electron chi connectivity index (χ1n) is 9.28. The minimum absolute atomic E-state index is 0.0196. The fourth-order valence-corrected chi connectivity index (χ4v) is 4.07. The first kappa shape index (κ1) is 24.3. The summed E-state index contributed by atoms with van der Waals surface area (Å²) in [7, 11) is -2.40. The van der Waals surface area contributed by atoms with E-state index >= 15 is 0 Å². The number of para-hydroxylation sites is 1. The van der Waals surface area contributed by atoms with E-state index in [0.29, 0.717) is 5.56 Å². The number of sulfonamides is 1. The highest BCUT2D eigenvalue weighted by Crippen LogP contribution is 2.33. The van der Waals surface area contributed by atoms with Crippen LogP contribution in [0.1, 0.15) is 16.7 Å². The van der Waals surface area contributed by atoms with Gasteiger partial charge < -0.3 is 14.8 Å². The predicted octanol–water partition coefficient (Wildman–Crippen LogP) is 3.02. The van der Waals surface area contributed by atoms with Gasteiger partial charge in [0.2, 0.25) is 15.9 Å². The second-order valence-corrected chi connectivity index (χ2v) is 8.28. The number of hydrogen-bond donors (Lipinski definition) is 2. The SMILES string of the molecule is COc1cccc(/C=C/C(=O)NCCNS(=O)(=O)c2cc(C)ccc2C)c1OC(F)F. The molecule has 2 aromatic carbocycles. The van der Waals surface area contributed by atoms with E-state index in [1.165, 1.54) is 25.3 Å². The lowest BCUT2D eigenvalue weighted by Crippen LogP contribution is -2.34. The Balaban J connectivity index is 1.94. The molecule has 0 unspecified atom stereocenters. The van der Waals surface area contributed by atoms with Crippen LogP contribution in [0.2, 0.25) is 0 Å². The van der Waals surface area contributed by atoms with Crippen molar-refractivity contribution < 1.29 is 31.5 Å². The summed E-state index contributed by atoms with van der Waals surface area (Å²) in [6, 6.07) is 9.63. The number of amides is 1. The molecule has 0 aliphatic carbocycles. The topological polar surface area (TPSA) is 93.7 Å². The molecule has 0 heterocycles. The van der Waals surface area contributed by atoms with E-state index < -0.39 is 22.5 Å². The Morgan fingerprint density at radius 2 is 1.90 bits per heavy atom. The number of hydrogen-bond acceptors (Lipinski definition) is 5. The fourth-order valence-electron chi connectivity index (χ4n) is 2.71. The first-order valence-corrected chi connectivity index (χ1v) is 10.8. The average Bonchev–Trinajstić information content (AvgIpc) is 2.71. The van der Waals surface area contributed by atoms with Gasteiger partial charge in [-0.2, -0.15) is 8.78 Å². The van der Waals surface area contributed by atoms with Crippen LogP contribution in [0.3, 0.4) is 0 Å². The van der Waals surface area contributed by atoms with E-state index in [9.17, 15) is 22.0 Å². The molecule has 0 aliphatic heterocycles. The summed E-state index contributed by atoms with van der Waals surface area (Å²) in [5.74, 6) is -0.620. The highest BCUT2D eigenvalue weighted by Gasteiger charge is 2.16. The minimum atomic E-state index is -3.71. The van der Waals surface area contributed by atoms with E-state index in [4.69, 9.17) is 4.74 Å². The molecule has 0 fully saturated rings. The fraction of sp³-hybridized carbons (Fsp3) is 0.286. The molecule has 1 amide bonds. The summed E-state index contributed by atoms with van der Waals surface area (Å²) >= 11 is 0. The van der Waals surface area contributed by atoms with Gasteiger partial charge in [0.05, 0.1) is 12.0 Å². The van der Waals surface area contributed by atoms with Crippen LogP contribution in [0, 0.1) is 13.8 Å². The van der Waals surface area contributed by atoms with Gasteiger partial charge in [0.15, 0.2) is 11.5 Å². The molecule has 0 saturated heterocycles. The summed E-state index contributed by atoms with van der Waals surface area (Å²) in [6.07, 6.45) is 2.43. The summed E-state index contributed by atoms with van der Waals surface area (Å²) in [4.78, 5) is 12.2. The molecule has 0 atom stereocenters. The lowest BCUT2D eigenvalue weighted by molar-refractivity contribution is -0.116. The van der Waals surface area contributed by atoms with Gasteiger partial charge in [-0.1, -0.05) is 24.3 Å². The van der Waals surface area contributed by atoms with E-state index in [0.717, 1.165) is 11.6 Å². The molecule has 7 nitrogen and oxygen atoms in total. The lowest BCUT2D eigenvalue weighted by atomic mass is 10.1. The number of benzene rings is 2. The number of carbonyl (C=O) groups is 1. The number of halogens is 2. The normalized spacial score (nSPS) is 11.7. The molecule has 10 heteroatoms. The van der Waals surface area contributed by atoms with Gasteiger partial charge in [-0.3, -0.25) is 4.79 Å². The molecule has 2 aromatic rings. The molecule has 0 bridgehead atoms. The molecule has 0 spiro atoms. The standard InChI is InChI=1S/C21H24F2N2O5S/c1-14-7-8-15(2)18(13-14)31(27,28)25-12-11-24-19(26)10-9-16-5-4-6-17(29-3)20(16)30-21(22)23/h4-10,13,21,25H,11-12H2,1-3H3,(H,24,26)/b10-9+. The molecule has 2 rings (SSSR count). The number of nitrogens with one attached hydrogen (secondary N) is 2. The predicted molar refractivity (Wildman–Crippen MR) is 113 cm³/mol. The van der Waals surface area contributed by atoms with E-state index in [1.54, 1.807) is 32.0 Å². The second kappa shape index (κ2) is 10.9. The van der Waals surface area contributed by atoms with Gasteiger partial charge in [-0.15, -0.1) is 0 Å². The smallest absolute Gasteiger partial charge is 0.387 e. The Hall–Kier alpha value is -2.98. The summed E-state index contributed by atoms with van der Waals surface area (Å²) in [5, 5.41) is 2.52. The van der Waals surface area contributed by atoms with Crippen molar-refractivity contribution >= 4 is 22.0 Å². The zero-order valence-electron chi connectivity index (χ0n) is 17.3. The molecule has 0 aromatic heterocycles. The number of ether oxygens (including phenoxy) is 2. The van der Waals surface area contributed by atoms with Gasteiger partial charge in [0.1, 0.15) is 0 Å². The molecule has 0 saturated carbocycles. The minimum Gasteiger partial charge on any atom is -0.493 e. The zero-order valence-corrected chi connectivity index (χ0v) is 18.1. The van der Waals surface area contributed by atoms with Gasteiger partial charge in [0.25, 0.3) is 0 Å². The maximum absolute atomic E-state index is 12.7. The molecular weight excluding hydrogens is 430 g/mol. The van der Waals surface area contributed by atoms with Gasteiger partial charge in [-0.05, 0) is 43.2 Å². The lowest BCUT2D eigenvalue weighted by Gasteiger charge is -2.12. The van der Waals surface area contributed by atoms with Crippen LogP contribution >= 0.6 is 0 Å². The maximum atomic E-state index is 12.7. The van der Waals surface area contributed by atoms with Crippen LogP contribution in [-0.2, 0) is 14.8 Å². The third kappa shape index (κ3) is 7.04. The van der Waals surface area contributed by atoms with Crippen molar-refractivity contribution in [3.63, 3.8) is 0 Å². The first-order chi connectivity index (χ1) is 14.6. The Bertz CT molecular complexity index is 1060. The van der Waals surface area contributed by atoms with Crippen molar-refractivity contribution in [2.45, 2.75) is 25.4 Å². The van der Waals surface area contributed by atoms with Crippen molar-refractivity contribution in [2.24, 2.45) is 0 Å². The molecular formula is C21H24F2N2O5S. The van der Waals surface area contributed by atoms with E-state index in [1.807, 2.05) is 6.07 Å². The van der Waals surface area contributed by atoms with Crippen molar-refractivity contribution in [1.82, 2.24) is 10.0 Å². The number of carbonyl (C=O) groups excluding carboxylic acids is 1. The highest BCUT2D eigenvalue weighted by atomic mass is 32.2. The van der Waals surface area contributed by atoms with Gasteiger partial charge in [0, 0.05) is 24.7 Å². The van der Waals surface area contributed by atoms with Crippen LogP contribution in [0.15, 0.2) is 47.4 Å². The number of rotatable bonds is 10. The maximum Gasteiger partial charge on any atom is 0.387 e. The van der Waals surface area contributed by atoms with Crippen LogP contribution in [-0.4, -0.2) is 41.1 Å². The van der Waals surface area contributed by atoms with E-state index in [-0.39, 0.29) is 35.0 Å². The highest BCUT2D eigenvalue weighted by molar-refractivity contribution is 7.89. The average molecular weight is 454 g/mol. The summed E-state index contributed by atoms with van der Waals surface area (Å²) in [5.41, 5.74) is 1.66.